The molecule has 4 nitrogen and oxygen atoms in total. The Labute approximate surface area is 118 Å². The highest BCUT2D eigenvalue weighted by atomic mass is 16.3. The van der Waals surface area contributed by atoms with Crippen LogP contribution in [0.5, 0.6) is 0 Å². The third kappa shape index (κ3) is 3.65. The summed E-state index contributed by atoms with van der Waals surface area (Å²) in [4.78, 5) is 16.2. The molecule has 2 N–H and O–H groups in total. The first-order valence-electron chi connectivity index (χ1n) is 6.63. The summed E-state index contributed by atoms with van der Waals surface area (Å²) in [5.41, 5.74) is 2.46. The first-order chi connectivity index (χ1) is 9.70. The van der Waals surface area contributed by atoms with E-state index < -0.39 is 0 Å². The van der Waals surface area contributed by atoms with Crippen molar-refractivity contribution in [1.29, 1.82) is 0 Å². The standard InChI is InChI=1S/C16H18N2O2/c1-12(7-8-19)18-16(20)15-9-14(10-17-11-15)13-5-3-2-4-6-13/h2-6,9-12,19H,7-8H2,1H3,(H,18,20). The molecule has 1 heterocycles. The topological polar surface area (TPSA) is 62.2 Å². The molecule has 0 radical (unpaired) electrons. The fraction of sp³-hybridized carbons (Fsp3) is 0.250. The van der Waals surface area contributed by atoms with E-state index in [1.807, 2.05) is 43.3 Å². The molecule has 1 atom stereocenters. The van der Waals surface area contributed by atoms with E-state index in [2.05, 4.69) is 10.3 Å². The zero-order valence-corrected chi connectivity index (χ0v) is 11.4. The molecule has 0 bridgehead atoms. The lowest BCUT2D eigenvalue weighted by molar-refractivity contribution is 0.0934. The number of carbonyl (C=O) groups is 1. The van der Waals surface area contributed by atoms with Crippen LogP contribution in [-0.2, 0) is 0 Å². The molecule has 104 valence electrons. The van der Waals surface area contributed by atoms with Gasteiger partial charge in [0.15, 0.2) is 0 Å². The van der Waals surface area contributed by atoms with Crippen molar-refractivity contribution in [2.75, 3.05) is 6.61 Å². The zero-order valence-electron chi connectivity index (χ0n) is 11.4. The summed E-state index contributed by atoms with van der Waals surface area (Å²) in [5, 5.41) is 11.7. The summed E-state index contributed by atoms with van der Waals surface area (Å²) in [6, 6.07) is 11.6. The van der Waals surface area contributed by atoms with Crippen LogP contribution in [0.15, 0.2) is 48.8 Å². The van der Waals surface area contributed by atoms with Gasteiger partial charge < -0.3 is 10.4 Å². The molecule has 0 aliphatic heterocycles. The molecule has 0 spiro atoms. The van der Waals surface area contributed by atoms with Crippen LogP contribution in [0.4, 0.5) is 0 Å². The SMILES string of the molecule is CC(CCO)NC(=O)c1cncc(-c2ccccc2)c1. The van der Waals surface area contributed by atoms with Crippen molar-refractivity contribution in [3.63, 3.8) is 0 Å². The molecule has 0 saturated heterocycles. The maximum absolute atomic E-state index is 12.1. The molecule has 1 aromatic heterocycles. The van der Waals surface area contributed by atoms with Crippen molar-refractivity contribution in [3.05, 3.63) is 54.4 Å². The number of benzene rings is 1. The van der Waals surface area contributed by atoms with Gasteiger partial charge in [0.2, 0.25) is 0 Å². The number of nitrogens with zero attached hydrogens (tertiary/aromatic N) is 1. The van der Waals surface area contributed by atoms with E-state index in [9.17, 15) is 4.79 Å². The van der Waals surface area contributed by atoms with Gasteiger partial charge >= 0.3 is 0 Å². The molecular weight excluding hydrogens is 252 g/mol. The van der Waals surface area contributed by atoms with Crippen molar-refractivity contribution in [3.8, 4) is 11.1 Å². The molecule has 2 aromatic rings. The number of aliphatic hydroxyl groups excluding tert-OH is 1. The number of amides is 1. The molecule has 1 amide bonds. The smallest absolute Gasteiger partial charge is 0.253 e. The quantitative estimate of drug-likeness (QED) is 0.876. The second kappa shape index (κ2) is 6.82. The highest BCUT2D eigenvalue weighted by molar-refractivity contribution is 5.95. The van der Waals surface area contributed by atoms with Crippen molar-refractivity contribution in [1.82, 2.24) is 10.3 Å². The van der Waals surface area contributed by atoms with Gasteiger partial charge in [0, 0.05) is 30.6 Å². The number of aliphatic hydroxyl groups is 1. The first kappa shape index (κ1) is 14.2. The van der Waals surface area contributed by atoms with Crippen LogP contribution >= 0.6 is 0 Å². The lowest BCUT2D eigenvalue weighted by Crippen LogP contribution is -2.33. The Morgan fingerprint density at radius 2 is 2.00 bits per heavy atom. The number of carbonyl (C=O) groups excluding carboxylic acids is 1. The Bertz CT molecular complexity index is 570. The minimum Gasteiger partial charge on any atom is -0.396 e. The number of pyridine rings is 1. The maximum atomic E-state index is 12.1. The Balaban J connectivity index is 2.16. The van der Waals surface area contributed by atoms with E-state index in [0.717, 1.165) is 11.1 Å². The Morgan fingerprint density at radius 1 is 1.25 bits per heavy atom. The van der Waals surface area contributed by atoms with Gasteiger partial charge in [-0.1, -0.05) is 30.3 Å². The highest BCUT2D eigenvalue weighted by Gasteiger charge is 2.10. The van der Waals surface area contributed by atoms with E-state index in [1.165, 1.54) is 0 Å². The predicted octanol–water partition coefficient (Wildman–Crippen LogP) is 2.25. The Morgan fingerprint density at radius 3 is 2.70 bits per heavy atom. The van der Waals surface area contributed by atoms with E-state index in [-0.39, 0.29) is 18.6 Å². The monoisotopic (exact) mass is 270 g/mol. The summed E-state index contributed by atoms with van der Waals surface area (Å²) in [7, 11) is 0. The summed E-state index contributed by atoms with van der Waals surface area (Å²) in [5.74, 6) is -0.170. The summed E-state index contributed by atoms with van der Waals surface area (Å²) >= 11 is 0. The molecule has 0 aliphatic carbocycles. The van der Waals surface area contributed by atoms with Crippen LogP contribution in [0.2, 0.25) is 0 Å². The molecular formula is C16H18N2O2. The van der Waals surface area contributed by atoms with Gasteiger partial charge in [-0.3, -0.25) is 9.78 Å². The van der Waals surface area contributed by atoms with Crippen molar-refractivity contribution in [2.24, 2.45) is 0 Å². The van der Waals surface area contributed by atoms with Gasteiger partial charge in [0.1, 0.15) is 0 Å². The van der Waals surface area contributed by atoms with Gasteiger partial charge in [0.25, 0.3) is 5.91 Å². The van der Waals surface area contributed by atoms with E-state index >= 15 is 0 Å². The number of rotatable bonds is 5. The van der Waals surface area contributed by atoms with E-state index in [4.69, 9.17) is 5.11 Å². The van der Waals surface area contributed by atoms with Crippen LogP contribution in [-0.4, -0.2) is 28.6 Å². The van der Waals surface area contributed by atoms with Crippen molar-refractivity contribution >= 4 is 5.91 Å². The van der Waals surface area contributed by atoms with Crippen LogP contribution in [0.3, 0.4) is 0 Å². The van der Waals surface area contributed by atoms with Crippen molar-refractivity contribution in [2.45, 2.75) is 19.4 Å². The molecule has 1 unspecified atom stereocenters. The third-order valence-electron chi connectivity index (χ3n) is 3.05. The average molecular weight is 270 g/mol. The molecule has 20 heavy (non-hydrogen) atoms. The zero-order chi connectivity index (χ0) is 14.4. The second-order valence-corrected chi connectivity index (χ2v) is 4.72. The van der Waals surface area contributed by atoms with E-state index in [0.29, 0.717) is 12.0 Å². The largest absolute Gasteiger partial charge is 0.396 e. The molecule has 0 fully saturated rings. The van der Waals surface area contributed by atoms with Gasteiger partial charge in [-0.2, -0.15) is 0 Å². The summed E-state index contributed by atoms with van der Waals surface area (Å²) in [6.07, 6.45) is 3.83. The molecule has 1 aromatic carbocycles. The fourth-order valence-corrected chi connectivity index (χ4v) is 1.93. The van der Waals surface area contributed by atoms with Gasteiger partial charge in [0.05, 0.1) is 5.56 Å². The minimum atomic E-state index is -0.170. The maximum Gasteiger partial charge on any atom is 0.253 e. The van der Waals surface area contributed by atoms with Crippen LogP contribution in [0.1, 0.15) is 23.7 Å². The average Bonchev–Trinajstić information content (AvgIpc) is 2.48. The molecule has 0 saturated carbocycles. The van der Waals surface area contributed by atoms with Crippen LogP contribution < -0.4 is 5.32 Å². The van der Waals surface area contributed by atoms with Crippen molar-refractivity contribution < 1.29 is 9.90 Å². The van der Waals surface area contributed by atoms with Gasteiger partial charge in [-0.05, 0) is 25.0 Å². The lowest BCUT2D eigenvalue weighted by Gasteiger charge is -2.12. The molecule has 4 heteroatoms. The summed E-state index contributed by atoms with van der Waals surface area (Å²) < 4.78 is 0. The fourth-order valence-electron chi connectivity index (χ4n) is 1.93. The predicted molar refractivity (Wildman–Crippen MR) is 78.3 cm³/mol. The number of aromatic nitrogens is 1. The first-order valence-corrected chi connectivity index (χ1v) is 6.63. The minimum absolute atomic E-state index is 0.0593. The van der Waals surface area contributed by atoms with Crippen LogP contribution in [0, 0.1) is 0 Å². The van der Waals surface area contributed by atoms with Gasteiger partial charge in [-0.25, -0.2) is 0 Å². The van der Waals surface area contributed by atoms with Crippen LogP contribution in [0.25, 0.3) is 11.1 Å². The summed E-state index contributed by atoms with van der Waals surface area (Å²) in [6.45, 7) is 1.92. The second-order valence-electron chi connectivity index (χ2n) is 4.72. The number of nitrogens with one attached hydrogen (secondary N) is 1. The number of hydrogen-bond acceptors (Lipinski definition) is 3. The highest BCUT2D eigenvalue weighted by Crippen LogP contribution is 2.18. The molecule has 2 rings (SSSR count). The Hall–Kier alpha value is -2.20. The third-order valence-corrected chi connectivity index (χ3v) is 3.05. The van der Waals surface area contributed by atoms with E-state index in [1.54, 1.807) is 12.4 Å². The number of hydrogen-bond donors (Lipinski definition) is 2. The normalized spacial score (nSPS) is 11.9. The lowest BCUT2D eigenvalue weighted by atomic mass is 10.1. The molecule has 0 aliphatic rings. The van der Waals surface area contributed by atoms with Gasteiger partial charge in [-0.15, -0.1) is 0 Å². The Kier molecular flexibility index (Phi) is 4.85.